The van der Waals surface area contributed by atoms with Gasteiger partial charge in [0.1, 0.15) is 0 Å². The van der Waals surface area contributed by atoms with E-state index in [4.69, 9.17) is 16.3 Å². The molecule has 0 radical (unpaired) electrons. The van der Waals surface area contributed by atoms with E-state index in [1.165, 1.54) is 44.1 Å². The molecule has 0 unspecified atom stereocenters. The van der Waals surface area contributed by atoms with Crippen molar-refractivity contribution in [3.8, 4) is 0 Å². The number of rotatable bonds is 6. The van der Waals surface area contributed by atoms with Crippen LogP contribution >= 0.6 is 27.5 Å². The van der Waals surface area contributed by atoms with E-state index in [1.807, 2.05) is 24.3 Å². The Morgan fingerprint density at radius 3 is 2.45 bits per heavy atom. The lowest BCUT2D eigenvalue weighted by atomic mass is 9.78. The third-order valence-electron chi connectivity index (χ3n) is 4.42. The van der Waals surface area contributed by atoms with Crippen LogP contribution in [0.5, 0.6) is 0 Å². The number of ether oxygens (including phenoxy) is 1. The zero-order chi connectivity index (χ0) is 14.4. The molecule has 0 aliphatic heterocycles. The number of hydrogen-bond donors (Lipinski definition) is 0. The summed E-state index contributed by atoms with van der Waals surface area (Å²) in [4.78, 5) is 0. The maximum absolute atomic E-state index is 6.28. The largest absolute Gasteiger partial charge is 0.369 e. The standard InChI is InChI=1S/C17H24BrClO/c1-2-3-14-8-10-17(13-18,11-9-14)20-12-15-4-6-16(19)7-5-15/h4-7,14H,2-3,8-13H2,1H3. The topological polar surface area (TPSA) is 9.23 Å². The number of benzene rings is 1. The highest BCUT2D eigenvalue weighted by Gasteiger charge is 2.35. The molecule has 1 aliphatic rings. The summed E-state index contributed by atoms with van der Waals surface area (Å²) in [5.41, 5.74) is 1.23. The minimum Gasteiger partial charge on any atom is -0.369 e. The average molecular weight is 360 g/mol. The molecular formula is C17H24BrClO. The summed E-state index contributed by atoms with van der Waals surface area (Å²) in [5, 5.41) is 1.72. The fraction of sp³-hybridized carbons (Fsp3) is 0.647. The van der Waals surface area contributed by atoms with Gasteiger partial charge in [-0.25, -0.2) is 0 Å². The first-order valence-corrected chi connectivity index (χ1v) is 9.12. The van der Waals surface area contributed by atoms with Crippen LogP contribution in [0.2, 0.25) is 5.02 Å². The van der Waals surface area contributed by atoms with Gasteiger partial charge in [0.15, 0.2) is 0 Å². The molecular weight excluding hydrogens is 336 g/mol. The van der Waals surface area contributed by atoms with Gasteiger partial charge in [0.05, 0.1) is 12.2 Å². The Balaban J connectivity index is 1.87. The van der Waals surface area contributed by atoms with E-state index in [-0.39, 0.29) is 5.60 Å². The van der Waals surface area contributed by atoms with E-state index in [0.717, 1.165) is 16.3 Å². The minimum absolute atomic E-state index is 0.0316. The van der Waals surface area contributed by atoms with Crippen molar-refractivity contribution in [2.45, 2.75) is 57.7 Å². The highest BCUT2D eigenvalue weighted by molar-refractivity contribution is 9.09. The predicted molar refractivity (Wildman–Crippen MR) is 89.6 cm³/mol. The molecule has 0 amide bonds. The van der Waals surface area contributed by atoms with Crippen LogP contribution in [-0.4, -0.2) is 10.9 Å². The van der Waals surface area contributed by atoms with E-state index in [2.05, 4.69) is 22.9 Å². The first kappa shape index (κ1) is 16.3. The van der Waals surface area contributed by atoms with E-state index < -0.39 is 0 Å². The van der Waals surface area contributed by atoms with Crippen molar-refractivity contribution in [3.05, 3.63) is 34.9 Å². The molecule has 1 aromatic carbocycles. The van der Waals surface area contributed by atoms with Gasteiger partial charge in [-0.1, -0.05) is 59.4 Å². The van der Waals surface area contributed by atoms with Gasteiger partial charge in [-0.3, -0.25) is 0 Å². The maximum atomic E-state index is 6.28. The second-order valence-electron chi connectivity index (χ2n) is 5.96. The second kappa shape index (κ2) is 7.82. The SMILES string of the molecule is CCCC1CCC(CBr)(OCc2ccc(Cl)cc2)CC1. The van der Waals surface area contributed by atoms with Crippen molar-refractivity contribution < 1.29 is 4.74 Å². The van der Waals surface area contributed by atoms with Crippen LogP contribution in [0, 0.1) is 5.92 Å². The quantitative estimate of drug-likeness (QED) is 0.568. The summed E-state index contributed by atoms with van der Waals surface area (Å²) in [6.45, 7) is 2.96. The lowest BCUT2D eigenvalue weighted by molar-refractivity contribution is -0.0705. The molecule has 20 heavy (non-hydrogen) atoms. The third kappa shape index (κ3) is 4.47. The zero-order valence-electron chi connectivity index (χ0n) is 12.2. The monoisotopic (exact) mass is 358 g/mol. The molecule has 0 N–H and O–H groups in total. The molecule has 1 aliphatic carbocycles. The highest BCUT2D eigenvalue weighted by atomic mass is 79.9. The van der Waals surface area contributed by atoms with E-state index >= 15 is 0 Å². The van der Waals surface area contributed by atoms with E-state index in [1.54, 1.807) is 0 Å². The fourth-order valence-corrected chi connectivity index (χ4v) is 3.88. The molecule has 2 rings (SSSR count). The van der Waals surface area contributed by atoms with Crippen molar-refractivity contribution in [1.82, 2.24) is 0 Å². The molecule has 0 heterocycles. The summed E-state index contributed by atoms with van der Waals surface area (Å²) in [7, 11) is 0. The van der Waals surface area contributed by atoms with Crippen molar-refractivity contribution >= 4 is 27.5 Å². The Labute approximate surface area is 136 Å². The molecule has 0 bridgehead atoms. The third-order valence-corrected chi connectivity index (χ3v) is 5.69. The van der Waals surface area contributed by atoms with E-state index in [9.17, 15) is 0 Å². The molecule has 112 valence electrons. The predicted octanol–water partition coefficient (Wildman–Crippen LogP) is 5.98. The van der Waals surface area contributed by atoms with Crippen LogP contribution in [0.15, 0.2) is 24.3 Å². The van der Waals surface area contributed by atoms with Gasteiger partial charge in [0.25, 0.3) is 0 Å². The van der Waals surface area contributed by atoms with Gasteiger partial charge in [-0.05, 0) is 49.3 Å². The molecule has 3 heteroatoms. The molecule has 0 spiro atoms. The van der Waals surface area contributed by atoms with Crippen LogP contribution in [0.25, 0.3) is 0 Å². The summed E-state index contributed by atoms with van der Waals surface area (Å²) >= 11 is 9.58. The Bertz CT molecular complexity index is 396. The van der Waals surface area contributed by atoms with Crippen LogP contribution < -0.4 is 0 Å². The molecule has 1 fully saturated rings. The first-order valence-electron chi connectivity index (χ1n) is 7.62. The van der Waals surface area contributed by atoms with Crippen LogP contribution in [0.1, 0.15) is 51.0 Å². The fourth-order valence-electron chi connectivity index (χ4n) is 3.03. The molecule has 1 nitrogen and oxygen atoms in total. The molecule has 0 saturated heterocycles. The number of halogens is 2. The molecule has 0 atom stereocenters. The Kier molecular flexibility index (Phi) is 6.38. The summed E-state index contributed by atoms with van der Waals surface area (Å²) in [6, 6.07) is 7.96. The van der Waals surface area contributed by atoms with Crippen LogP contribution in [0.4, 0.5) is 0 Å². The average Bonchev–Trinajstić information content (AvgIpc) is 2.49. The Morgan fingerprint density at radius 1 is 1.25 bits per heavy atom. The van der Waals surface area contributed by atoms with Gasteiger partial charge in [0, 0.05) is 10.4 Å². The van der Waals surface area contributed by atoms with Gasteiger partial charge < -0.3 is 4.74 Å². The number of hydrogen-bond acceptors (Lipinski definition) is 1. The summed E-state index contributed by atoms with van der Waals surface area (Å²) in [6.07, 6.45) is 7.64. The normalized spacial score (nSPS) is 26.6. The van der Waals surface area contributed by atoms with Crippen LogP contribution in [-0.2, 0) is 11.3 Å². The van der Waals surface area contributed by atoms with Crippen LogP contribution in [0.3, 0.4) is 0 Å². The van der Waals surface area contributed by atoms with Gasteiger partial charge in [0.2, 0.25) is 0 Å². The summed E-state index contributed by atoms with van der Waals surface area (Å²) in [5.74, 6) is 0.909. The first-order chi connectivity index (χ1) is 9.67. The highest BCUT2D eigenvalue weighted by Crippen LogP contribution is 2.38. The number of alkyl halides is 1. The maximum Gasteiger partial charge on any atom is 0.0783 e. The Hall–Kier alpha value is -0.0500. The molecule has 1 saturated carbocycles. The zero-order valence-corrected chi connectivity index (χ0v) is 14.5. The summed E-state index contributed by atoms with van der Waals surface area (Å²) < 4.78 is 6.28. The van der Waals surface area contributed by atoms with Crippen molar-refractivity contribution in [2.24, 2.45) is 5.92 Å². The van der Waals surface area contributed by atoms with Gasteiger partial charge >= 0.3 is 0 Å². The lowest BCUT2D eigenvalue weighted by Gasteiger charge is -2.39. The molecule has 1 aromatic rings. The Morgan fingerprint density at radius 2 is 1.90 bits per heavy atom. The van der Waals surface area contributed by atoms with E-state index in [0.29, 0.717) is 6.61 Å². The molecule has 0 aromatic heterocycles. The van der Waals surface area contributed by atoms with Gasteiger partial charge in [-0.2, -0.15) is 0 Å². The van der Waals surface area contributed by atoms with Crippen molar-refractivity contribution in [3.63, 3.8) is 0 Å². The van der Waals surface area contributed by atoms with Gasteiger partial charge in [-0.15, -0.1) is 0 Å². The minimum atomic E-state index is 0.0316. The smallest absolute Gasteiger partial charge is 0.0783 e. The lowest BCUT2D eigenvalue weighted by Crippen LogP contribution is -2.38. The van der Waals surface area contributed by atoms with Crippen molar-refractivity contribution in [1.29, 1.82) is 0 Å². The van der Waals surface area contributed by atoms with Crippen molar-refractivity contribution in [2.75, 3.05) is 5.33 Å². The second-order valence-corrected chi connectivity index (χ2v) is 6.96.